The number of benzene rings is 4. The van der Waals surface area contributed by atoms with Crippen molar-refractivity contribution in [2.24, 2.45) is 0 Å². The van der Waals surface area contributed by atoms with Crippen LogP contribution in [0.4, 0.5) is 11.4 Å². The zero-order chi connectivity index (χ0) is 29.9. The van der Waals surface area contributed by atoms with E-state index >= 15 is 0 Å². The van der Waals surface area contributed by atoms with Gasteiger partial charge in [0.25, 0.3) is 11.8 Å². The quantitative estimate of drug-likeness (QED) is 0.145. The summed E-state index contributed by atoms with van der Waals surface area (Å²) in [5.41, 5.74) is 3.27. The lowest BCUT2D eigenvalue weighted by molar-refractivity contribution is -0.114. The van der Waals surface area contributed by atoms with Crippen LogP contribution in [0.25, 0.3) is 6.08 Å². The molecule has 8 nitrogen and oxygen atoms in total. The molecule has 4 aromatic carbocycles. The van der Waals surface area contributed by atoms with Crippen LogP contribution in [0.5, 0.6) is 11.5 Å². The van der Waals surface area contributed by atoms with Gasteiger partial charge >= 0.3 is 0 Å². The predicted molar refractivity (Wildman–Crippen MR) is 167 cm³/mol. The van der Waals surface area contributed by atoms with E-state index in [0.717, 1.165) is 16.1 Å². The summed E-state index contributed by atoms with van der Waals surface area (Å²) in [5, 5.41) is 8.48. The maximum Gasteiger partial charge on any atom is 0.272 e. The molecule has 0 fully saturated rings. The molecule has 0 atom stereocenters. The number of ether oxygens (including phenoxy) is 2. The normalized spacial score (nSPS) is 10.9. The summed E-state index contributed by atoms with van der Waals surface area (Å²) in [6.07, 6.45) is 1.54. The van der Waals surface area contributed by atoms with Crippen LogP contribution in [0.2, 0.25) is 0 Å². The van der Waals surface area contributed by atoms with Crippen molar-refractivity contribution < 1.29 is 23.9 Å². The van der Waals surface area contributed by atoms with Gasteiger partial charge in [-0.15, -0.1) is 11.8 Å². The van der Waals surface area contributed by atoms with Gasteiger partial charge in [-0.1, -0.05) is 48.5 Å². The Balaban J connectivity index is 1.47. The lowest BCUT2D eigenvalue weighted by Crippen LogP contribution is -2.30. The van der Waals surface area contributed by atoms with Gasteiger partial charge in [0, 0.05) is 27.4 Å². The number of aryl methyl sites for hydroxylation is 1. The van der Waals surface area contributed by atoms with Crippen LogP contribution < -0.4 is 25.4 Å². The molecule has 0 aliphatic rings. The number of carbonyl (C=O) groups is 3. The highest BCUT2D eigenvalue weighted by molar-refractivity contribution is 8.00. The highest BCUT2D eigenvalue weighted by atomic mass is 32.2. The Morgan fingerprint density at radius 1 is 0.786 bits per heavy atom. The highest BCUT2D eigenvalue weighted by Crippen LogP contribution is 2.32. The summed E-state index contributed by atoms with van der Waals surface area (Å²) in [6, 6.07) is 28.6. The number of para-hydroxylation sites is 2. The molecule has 0 aromatic heterocycles. The van der Waals surface area contributed by atoms with Gasteiger partial charge in [-0.25, -0.2) is 0 Å². The summed E-state index contributed by atoms with van der Waals surface area (Å²) < 4.78 is 10.9. The molecule has 0 unspecified atom stereocenters. The summed E-state index contributed by atoms with van der Waals surface area (Å²) in [7, 11) is 3.03. The number of rotatable bonds is 11. The van der Waals surface area contributed by atoms with Gasteiger partial charge in [-0.2, -0.15) is 0 Å². The number of nitrogens with one attached hydrogen (secondary N) is 3. The van der Waals surface area contributed by atoms with E-state index in [1.807, 2.05) is 43.3 Å². The number of amides is 3. The molecule has 3 amide bonds. The van der Waals surface area contributed by atoms with Gasteiger partial charge in [0.2, 0.25) is 5.91 Å². The van der Waals surface area contributed by atoms with Crippen molar-refractivity contribution in [3.05, 3.63) is 119 Å². The molecule has 3 N–H and O–H groups in total. The third-order valence-electron chi connectivity index (χ3n) is 6.16. The summed E-state index contributed by atoms with van der Waals surface area (Å²) in [5.74, 6) is 0.0781. The van der Waals surface area contributed by atoms with E-state index in [1.54, 1.807) is 60.7 Å². The molecule has 0 spiro atoms. The van der Waals surface area contributed by atoms with Crippen molar-refractivity contribution >= 4 is 46.9 Å². The lowest BCUT2D eigenvalue weighted by atomic mass is 10.1. The molecule has 0 saturated carbocycles. The molecule has 4 rings (SSSR count). The second kappa shape index (κ2) is 14.6. The SMILES string of the molecule is COc1cccc(/C=C(\NC(=O)c2ccccc2)C(=O)Nc2ccc(SCC(=O)Nc3ccccc3C)cc2)c1OC. The molecule has 0 aliphatic carbocycles. The molecular weight excluding hydrogens is 550 g/mol. The van der Waals surface area contributed by atoms with Crippen molar-refractivity contribution in [2.45, 2.75) is 11.8 Å². The van der Waals surface area contributed by atoms with E-state index in [0.29, 0.717) is 28.3 Å². The minimum atomic E-state index is -0.526. The lowest BCUT2D eigenvalue weighted by Gasteiger charge is -2.14. The molecule has 0 heterocycles. The molecule has 4 aromatic rings. The molecule has 42 heavy (non-hydrogen) atoms. The van der Waals surface area contributed by atoms with Gasteiger partial charge in [0.15, 0.2) is 11.5 Å². The number of anilines is 2. The Morgan fingerprint density at radius 3 is 2.19 bits per heavy atom. The second-order valence-electron chi connectivity index (χ2n) is 9.09. The largest absolute Gasteiger partial charge is 0.493 e. The Hall–Kier alpha value is -5.02. The monoisotopic (exact) mass is 581 g/mol. The first-order valence-electron chi connectivity index (χ1n) is 13.1. The predicted octanol–water partition coefficient (Wildman–Crippen LogP) is 6.15. The van der Waals surface area contributed by atoms with Crippen molar-refractivity contribution in [3.63, 3.8) is 0 Å². The number of methoxy groups -OCH3 is 2. The third-order valence-corrected chi connectivity index (χ3v) is 7.18. The van der Waals surface area contributed by atoms with E-state index in [2.05, 4.69) is 16.0 Å². The van der Waals surface area contributed by atoms with E-state index < -0.39 is 11.8 Å². The summed E-state index contributed by atoms with van der Waals surface area (Å²) in [4.78, 5) is 39.6. The average Bonchev–Trinajstić information content (AvgIpc) is 3.01. The van der Waals surface area contributed by atoms with E-state index in [9.17, 15) is 14.4 Å². The molecule has 9 heteroatoms. The smallest absolute Gasteiger partial charge is 0.272 e. The van der Waals surface area contributed by atoms with Gasteiger partial charge in [0.1, 0.15) is 5.70 Å². The molecule has 214 valence electrons. The topological polar surface area (TPSA) is 106 Å². The van der Waals surface area contributed by atoms with Crippen LogP contribution in [0.1, 0.15) is 21.5 Å². The maximum atomic E-state index is 13.4. The van der Waals surface area contributed by atoms with Crippen LogP contribution >= 0.6 is 11.8 Å². The number of thioether (sulfide) groups is 1. The minimum Gasteiger partial charge on any atom is -0.493 e. The van der Waals surface area contributed by atoms with E-state index in [4.69, 9.17) is 9.47 Å². The minimum absolute atomic E-state index is 0.0155. The first kappa shape index (κ1) is 30.0. The third kappa shape index (κ3) is 8.02. The average molecular weight is 582 g/mol. The number of hydrogen-bond donors (Lipinski definition) is 3. The van der Waals surface area contributed by atoms with Gasteiger partial charge < -0.3 is 25.4 Å². The van der Waals surface area contributed by atoms with Gasteiger partial charge in [-0.05, 0) is 67.1 Å². The van der Waals surface area contributed by atoms with Crippen molar-refractivity contribution in [1.82, 2.24) is 5.32 Å². The standard InChI is InChI=1S/C33H31N3O5S/c1-22-10-7-8-14-27(22)35-30(37)21-42-26-18-16-25(17-19-26)34-33(39)28(36-32(38)23-11-5-4-6-12-23)20-24-13-9-15-29(40-2)31(24)41-3/h4-20H,21H2,1-3H3,(H,34,39)(H,35,37)(H,36,38)/b28-20-. The van der Waals surface area contributed by atoms with Crippen LogP contribution in [0.15, 0.2) is 108 Å². The van der Waals surface area contributed by atoms with Crippen molar-refractivity contribution in [2.75, 3.05) is 30.6 Å². The number of hydrogen-bond acceptors (Lipinski definition) is 6. The summed E-state index contributed by atoms with van der Waals surface area (Å²) >= 11 is 1.38. The fourth-order valence-corrected chi connectivity index (χ4v) is 4.70. The van der Waals surface area contributed by atoms with Crippen LogP contribution in [0, 0.1) is 6.92 Å². The Morgan fingerprint density at radius 2 is 1.50 bits per heavy atom. The Bertz CT molecular complexity index is 1590. The fraction of sp³-hybridized carbons (Fsp3) is 0.121. The van der Waals surface area contributed by atoms with Gasteiger partial charge in [-0.3, -0.25) is 14.4 Å². The summed E-state index contributed by atoms with van der Waals surface area (Å²) in [6.45, 7) is 1.94. The fourth-order valence-electron chi connectivity index (χ4n) is 4.00. The van der Waals surface area contributed by atoms with Crippen LogP contribution in [-0.4, -0.2) is 37.7 Å². The molecule has 0 radical (unpaired) electrons. The first-order chi connectivity index (χ1) is 20.4. The first-order valence-corrected chi connectivity index (χ1v) is 14.0. The van der Waals surface area contributed by atoms with Crippen molar-refractivity contribution in [3.8, 4) is 11.5 Å². The highest BCUT2D eigenvalue weighted by Gasteiger charge is 2.17. The molecular formula is C33H31N3O5S. The second-order valence-corrected chi connectivity index (χ2v) is 10.1. The molecule has 0 bridgehead atoms. The Kier molecular flexibility index (Phi) is 10.4. The maximum absolute atomic E-state index is 13.4. The number of carbonyl (C=O) groups excluding carboxylic acids is 3. The zero-order valence-electron chi connectivity index (χ0n) is 23.5. The van der Waals surface area contributed by atoms with Crippen LogP contribution in [-0.2, 0) is 9.59 Å². The van der Waals surface area contributed by atoms with Crippen molar-refractivity contribution in [1.29, 1.82) is 0 Å². The van der Waals surface area contributed by atoms with Crippen LogP contribution in [0.3, 0.4) is 0 Å². The molecule has 0 aliphatic heterocycles. The zero-order valence-corrected chi connectivity index (χ0v) is 24.3. The molecule has 0 saturated heterocycles. The van der Waals surface area contributed by atoms with E-state index in [-0.39, 0.29) is 17.4 Å². The Labute approximate surface area is 249 Å². The van der Waals surface area contributed by atoms with Gasteiger partial charge in [0.05, 0.1) is 20.0 Å². The van der Waals surface area contributed by atoms with E-state index in [1.165, 1.54) is 32.1 Å².